The normalized spacial score (nSPS) is 16.2. The van der Waals surface area contributed by atoms with Crippen LogP contribution in [-0.4, -0.2) is 77.2 Å². The Morgan fingerprint density at radius 3 is 2.42 bits per heavy atom. The van der Waals surface area contributed by atoms with Crippen molar-refractivity contribution in [2.45, 2.75) is 25.7 Å². The number of nitrogens with zero attached hydrogens (tertiary/aromatic N) is 6. The van der Waals surface area contributed by atoms with Gasteiger partial charge in [-0.1, -0.05) is 0 Å². The number of hydrogen-bond acceptors (Lipinski definition) is 7. The lowest BCUT2D eigenvalue weighted by atomic mass is 10.1. The molecule has 9 nitrogen and oxygen atoms in total. The van der Waals surface area contributed by atoms with Gasteiger partial charge in [0.15, 0.2) is 5.82 Å². The fraction of sp³-hybridized carbons (Fsp3) is 0.476. The third-order valence-electron chi connectivity index (χ3n) is 5.62. The van der Waals surface area contributed by atoms with E-state index in [-0.39, 0.29) is 4.90 Å². The van der Waals surface area contributed by atoms with Gasteiger partial charge in [0.05, 0.1) is 28.5 Å². The van der Waals surface area contributed by atoms with Gasteiger partial charge in [-0.2, -0.15) is 9.40 Å². The van der Waals surface area contributed by atoms with Gasteiger partial charge in [0, 0.05) is 33.2 Å². The van der Waals surface area contributed by atoms with E-state index in [9.17, 15) is 8.42 Å². The van der Waals surface area contributed by atoms with Gasteiger partial charge >= 0.3 is 0 Å². The smallest absolute Gasteiger partial charge is 0.243 e. The zero-order valence-electron chi connectivity index (χ0n) is 18.6. The maximum atomic E-state index is 13.3. The Morgan fingerprint density at radius 2 is 1.74 bits per heavy atom. The van der Waals surface area contributed by atoms with Crippen LogP contribution >= 0.6 is 0 Å². The van der Waals surface area contributed by atoms with E-state index in [4.69, 9.17) is 9.72 Å². The number of benzene rings is 1. The summed E-state index contributed by atoms with van der Waals surface area (Å²) in [5.74, 6) is 0.986. The van der Waals surface area contributed by atoms with Crippen LogP contribution < -0.4 is 4.74 Å². The summed E-state index contributed by atoms with van der Waals surface area (Å²) in [6, 6.07) is 4.93. The molecule has 0 N–H and O–H groups in total. The molecule has 3 aromatic rings. The molecule has 2 aromatic heterocycles. The fourth-order valence-corrected chi connectivity index (χ4v) is 5.40. The average molecular weight is 445 g/mol. The molecule has 0 unspecified atom stereocenters. The summed E-state index contributed by atoms with van der Waals surface area (Å²) in [6.45, 7) is 8.50. The van der Waals surface area contributed by atoms with Crippen molar-refractivity contribution < 1.29 is 13.2 Å². The molecule has 0 saturated carbocycles. The molecule has 31 heavy (non-hydrogen) atoms. The first-order valence-electron chi connectivity index (χ1n) is 10.4. The predicted octanol–water partition coefficient (Wildman–Crippen LogP) is 1.98. The average Bonchev–Trinajstić information content (AvgIpc) is 3.02. The first kappa shape index (κ1) is 21.7. The molecule has 1 aliphatic rings. The molecule has 0 aliphatic carbocycles. The molecular weight excluding hydrogens is 416 g/mol. The summed E-state index contributed by atoms with van der Waals surface area (Å²) in [5.41, 5.74) is 3.74. The van der Waals surface area contributed by atoms with Gasteiger partial charge in [-0.15, -0.1) is 0 Å². The summed E-state index contributed by atoms with van der Waals surface area (Å²) in [6.07, 6.45) is 0. The molecule has 0 bridgehead atoms. The number of aromatic nitrogens is 4. The quantitative estimate of drug-likeness (QED) is 0.594. The maximum Gasteiger partial charge on any atom is 0.243 e. The van der Waals surface area contributed by atoms with Crippen molar-refractivity contribution in [3.63, 3.8) is 0 Å². The van der Waals surface area contributed by atoms with Gasteiger partial charge in [0.2, 0.25) is 10.0 Å². The van der Waals surface area contributed by atoms with E-state index in [1.54, 1.807) is 22.9 Å². The Bertz CT molecular complexity index is 1230. The van der Waals surface area contributed by atoms with Gasteiger partial charge in [0.1, 0.15) is 16.8 Å². The van der Waals surface area contributed by atoms with Gasteiger partial charge in [-0.05, 0) is 46.0 Å². The predicted molar refractivity (Wildman–Crippen MR) is 119 cm³/mol. The summed E-state index contributed by atoms with van der Waals surface area (Å²) in [7, 11) is 0.231. The van der Waals surface area contributed by atoms with Gasteiger partial charge < -0.3 is 9.64 Å². The molecule has 1 aliphatic heterocycles. The molecule has 0 radical (unpaired) electrons. The number of piperazine rings is 1. The van der Waals surface area contributed by atoms with Crippen molar-refractivity contribution in [2.75, 3.05) is 39.8 Å². The molecule has 166 valence electrons. The number of ether oxygens (including phenoxy) is 1. The highest BCUT2D eigenvalue weighted by Crippen LogP contribution is 2.33. The fourth-order valence-electron chi connectivity index (χ4n) is 3.95. The van der Waals surface area contributed by atoms with Crippen LogP contribution in [0, 0.1) is 13.8 Å². The number of aryl methyl sites for hydroxylation is 3. The van der Waals surface area contributed by atoms with E-state index >= 15 is 0 Å². The minimum Gasteiger partial charge on any atom is -0.493 e. The van der Waals surface area contributed by atoms with E-state index in [1.807, 2.05) is 34.9 Å². The second-order valence-corrected chi connectivity index (χ2v) is 9.78. The van der Waals surface area contributed by atoms with Crippen molar-refractivity contribution in [1.82, 2.24) is 29.0 Å². The minimum absolute atomic E-state index is 0.222. The first-order chi connectivity index (χ1) is 14.7. The number of rotatable bonds is 5. The molecule has 10 heteroatoms. The van der Waals surface area contributed by atoms with E-state index in [0.717, 1.165) is 22.4 Å². The SMILES string of the molecule is CCOc1ccc(S(=O)(=O)N2CCN(C)CC2)cc1-c1nc(C)c2c(n1)c(C)nn2C. The number of hydrogen-bond donors (Lipinski definition) is 0. The molecule has 1 aromatic carbocycles. The van der Waals surface area contributed by atoms with Crippen molar-refractivity contribution in [1.29, 1.82) is 0 Å². The van der Waals surface area contributed by atoms with Crippen molar-refractivity contribution in [2.24, 2.45) is 7.05 Å². The second kappa shape index (κ2) is 8.18. The van der Waals surface area contributed by atoms with Crippen molar-refractivity contribution >= 4 is 21.1 Å². The highest BCUT2D eigenvalue weighted by atomic mass is 32.2. The summed E-state index contributed by atoms with van der Waals surface area (Å²) >= 11 is 0. The molecule has 0 spiro atoms. The Balaban J connectivity index is 1.84. The molecule has 1 saturated heterocycles. The van der Waals surface area contributed by atoms with E-state index in [2.05, 4.69) is 15.0 Å². The largest absolute Gasteiger partial charge is 0.493 e. The van der Waals surface area contributed by atoms with Crippen LogP contribution in [0.5, 0.6) is 5.75 Å². The number of likely N-dealkylation sites (N-methyl/N-ethyl adjacent to an activating group) is 1. The highest BCUT2D eigenvalue weighted by molar-refractivity contribution is 7.89. The first-order valence-corrected chi connectivity index (χ1v) is 11.8. The standard InChI is InChI=1S/C21H28N6O3S/c1-6-30-18-8-7-16(31(28,29)27-11-9-25(4)10-12-27)13-17(18)21-22-15(3)20-19(23-21)14(2)24-26(20)5/h7-8,13H,6,9-12H2,1-5H3. The molecule has 0 atom stereocenters. The highest BCUT2D eigenvalue weighted by Gasteiger charge is 2.29. The monoisotopic (exact) mass is 444 g/mol. The third-order valence-corrected chi connectivity index (χ3v) is 7.51. The van der Waals surface area contributed by atoms with Crippen LogP contribution in [-0.2, 0) is 17.1 Å². The lowest BCUT2D eigenvalue weighted by Gasteiger charge is -2.31. The zero-order valence-corrected chi connectivity index (χ0v) is 19.4. The van der Waals surface area contributed by atoms with E-state index in [0.29, 0.717) is 49.9 Å². The van der Waals surface area contributed by atoms with Crippen LogP contribution in [0.15, 0.2) is 23.1 Å². The molecule has 0 amide bonds. The van der Waals surface area contributed by atoms with Crippen LogP contribution in [0.2, 0.25) is 0 Å². The lowest BCUT2D eigenvalue weighted by molar-refractivity contribution is 0.222. The molecule has 3 heterocycles. The lowest BCUT2D eigenvalue weighted by Crippen LogP contribution is -2.47. The topological polar surface area (TPSA) is 93.5 Å². The van der Waals surface area contributed by atoms with Crippen LogP contribution in [0.3, 0.4) is 0 Å². The molecule has 1 fully saturated rings. The number of fused-ring (bicyclic) bond motifs is 1. The molecular formula is C21H28N6O3S. The minimum atomic E-state index is -3.63. The Morgan fingerprint density at radius 1 is 1.03 bits per heavy atom. The second-order valence-electron chi connectivity index (χ2n) is 7.84. The summed E-state index contributed by atoms with van der Waals surface area (Å²) < 4.78 is 35.7. The van der Waals surface area contributed by atoms with Crippen LogP contribution in [0.4, 0.5) is 0 Å². The zero-order chi connectivity index (χ0) is 22.3. The maximum absolute atomic E-state index is 13.3. The third kappa shape index (κ3) is 3.90. The van der Waals surface area contributed by atoms with E-state index < -0.39 is 10.0 Å². The van der Waals surface area contributed by atoms with Gasteiger partial charge in [-0.25, -0.2) is 18.4 Å². The van der Waals surface area contributed by atoms with Gasteiger partial charge in [-0.3, -0.25) is 4.68 Å². The Kier molecular flexibility index (Phi) is 5.71. The Hall–Kier alpha value is -2.56. The van der Waals surface area contributed by atoms with Crippen LogP contribution in [0.25, 0.3) is 22.4 Å². The number of sulfonamides is 1. The Labute approximate surface area is 182 Å². The van der Waals surface area contributed by atoms with Crippen molar-refractivity contribution in [3.05, 3.63) is 29.6 Å². The molecule has 4 rings (SSSR count). The summed E-state index contributed by atoms with van der Waals surface area (Å²) in [4.78, 5) is 11.7. The summed E-state index contributed by atoms with van der Waals surface area (Å²) in [5, 5.41) is 4.45. The van der Waals surface area contributed by atoms with Crippen LogP contribution in [0.1, 0.15) is 18.3 Å². The van der Waals surface area contributed by atoms with Gasteiger partial charge in [0.25, 0.3) is 0 Å². The van der Waals surface area contributed by atoms with Crippen molar-refractivity contribution in [3.8, 4) is 17.1 Å². The van der Waals surface area contributed by atoms with E-state index in [1.165, 1.54) is 4.31 Å².